The van der Waals surface area contributed by atoms with Crippen molar-refractivity contribution in [3.05, 3.63) is 29.8 Å². The molecule has 20 heavy (non-hydrogen) atoms. The molecule has 0 amide bonds. The van der Waals surface area contributed by atoms with Gasteiger partial charge in [-0.25, -0.2) is 13.1 Å². The van der Waals surface area contributed by atoms with Crippen LogP contribution in [0.3, 0.4) is 0 Å². The van der Waals surface area contributed by atoms with E-state index >= 15 is 0 Å². The molecule has 0 heterocycles. The van der Waals surface area contributed by atoms with Crippen LogP contribution >= 0.6 is 0 Å². The molecule has 0 fully saturated rings. The number of hydrogen-bond acceptors (Lipinski definition) is 4. The van der Waals surface area contributed by atoms with Crippen molar-refractivity contribution < 1.29 is 18.3 Å². The van der Waals surface area contributed by atoms with Crippen molar-refractivity contribution in [3.8, 4) is 0 Å². The molecule has 0 spiro atoms. The van der Waals surface area contributed by atoms with E-state index < -0.39 is 10.0 Å². The van der Waals surface area contributed by atoms with Crippen LogP contribution in [0.25, 0.3) is 0 Å². The molecule has 1 rings (SSSR count). The number of sulfonamides is 1. The molecule has 0 radical (unpaired) electrons. The van der Waals surface area contributed by atoms with Gasteiger partial charge in [-0.2, -0.15) is 0 Å². The van der Waals surface area contributed by atoms with Crippen LogP contribution < -0.4 is 4.72 Å². The van der Waals surface area contributed by atoms with Gasteiger partial charge in [-0.15, -0.1) is 0 Å². The summed E-state index contributed by atoms with van der Waals surface area (Å²) in [5.41, 5.74) is 0.406. The van der Waals surface area contributed by atoms with Crippen molar-refractivity contribution in [1.82, 2.24) is 4.72 Å². The zero-order chi connectivity index (χ0) is 15.0. The van der Waals surface area contributed by atoms with E-state index in [1.165, 1.54) is 6.07 Å². The maximum absolute atomic E-state index is 12.1. The molecule has 2 N–H and O–H groups in total. The van der Waals surface area contributed by atoms with Crippen LogP contribution in [0.15, 0.2) is 29.2 Å². The van der Waals surface area contributed by atoms with Crippen LogP contribution in [0.4, 0.5) is 0 Å². The Hall–Kier alpha value is -0.950. The van der Waals surface area contributed by atoms with E-state index in [1.54, 1.807) is 18.2 Å². The Labute approximate surface area is 121 Å². The monoisotopic (exact) mass is 301 g/mol. The molecule has 0 aromatic heterocycles. The Kier molecular flexibility index (Phi) is 7.15. The van der Waals surface area contributed by atoms with Gasteiger partial charge in [-0.1, -0.05) is 18.2 Å². The number of ether oxygens (including phenoxy) is 1. The maximum Gasteiger partial charge on any atom is 0.240 e. The topological polar surface area (TPSA) is 75.6 Å². The summed E-state index contributed by atoms with van der Waals surface area (Å²) < 4.78 is 32.1. The summed E-state index contributed by atoms with van der Waals surface area (Å²) in [6, 6.07) is 6.44. The van der Waals surface area contributed by atoms with Crippen LogP contribution in [-0.2, 0) is 21.4 Å². The summed E-state index contributed by atoms with van der Waals surface area (Å²) >= 11 is 0. The minimum absolute atomic E-state index is 0.140. The van der Waals surface area contributed by atoms with Gasteiger partial charge in [0.25, 0.3) is 0 Å². The lowest BCUT2D eigenvalue weighted by Gasteiger charge is -2.10. The van der Waals surface area contributed by atoms with Crippen molar-refractivity contribution in [2.45, 2.75) is 44.3 Å². The second-order valence-corrected chi connectivity index (χ2v) is 6.53. The molecule has 5 nitrogen and oxygen atoms in total. The zero-order valence-electron chi connectivity index (χ0n) is 12.0. The van der Waals surface area contributed by atoms with E-state index in [1.807, 2.05) is 13.8 Å². The van der Waals surface area contributed by atoms with Crippen LogP contribution in [0.5, 0.6) is 0 Å². The highest BCUT2D eigenvalue weighted by molar-refractivity contribution is 7.89. The standard InChI is InChI=1S/C14H23NO4S/c1-12(2)19-10-6-5-9-15-20(17,18)14-8-4-3-7-13(14)11-16/h3-4,7-8,12,15-16H,5-6,9-11H2,1-2H3. The fourth-order valence-corrected chi connectivity index (χ4v) is 3.03. The van der Waals surface area contributed by atoms with Gasteiger partial charge >= 0.3 is 0 Å². The highest BCUT2D eigenvalue weighted by atomic mass is 32.2. The molecule has 114 valence electrons. The van der Waals surface area contributed by atoms with Crippen molar-refractivity contribution in [1.29, 1.82) is 0 Å². The third kappa shape index (κ3) is 5.58. The molecule has 1 aromatic rings. The lowest BCUT2D eigenvalue weighted by molar-refractivity contribution is 0.0762. The normalized spacial score (nSPS) is 12.0. The molecule has 0 saturated heterocycles. The highest BCUT2D eigenvalue weighted by Crippen LogP contribution is 2.15. The van der Waals surface area contributed by atoms with Crippen molar-refractivity contribution in [3.63, 3.8) is 0 Å². The van der Waals surface area contributed by atoms with Crippen molar-refractivity contribution in [2.24, 2.45) is 0 Å². The van der Waals surface area contributed by atoms with Crippen molar-refractivity contribution >= 4 is 10.0 Å². The minimum atomic E-state index is -3.56. The average molecular weight is 301 g/mol. The highest BCUT2D eigenvalue weighted by Gasteiger charge is 2.16. The first-order valence-corrected chi connectivity index (χ1v) is 8.25. The smallest absolute Gasteiger partial charge is 0.240 e. The van der Waals surface area contributed by atoms with Crippen LogP contribution in [0.2, 0.25) is 0 Å². The van der Waals surface area contributed by atoms with Crippen LogP contribution in [0.1, 0.15) is 32.3 Å². The molecule has 0 aliphatic heterocycles. The number of unbranched alkanes of at least 4 members (excludes halogenated alkanes) is 1. The number of rotatable bonds is 9. The lowest BCUT2D eigenvalue weighted by Crippen LogP contribution is -2.26. The Morgan fingerprint density at radius 2 is 1.95 bits per heavy atom. The largest absolute Gasteiger partial charge is 0.392 e. The van der Waals surface area contributed by atoms with E-state index in [9.17, 15) is 8.42 Å². The van der Waals surface area contributed by atoms with E-state index in [-0.39, 0.29) is 17.6 Å². The van der Waals surface area contributed by atoms with E-state index in [0.717, 1.165) is 6.42 Å². The second kappa shape index (κ2) is 8.36. The third-order valence-electron chi connectivity index (χ3n) is 2.75. The van der Waals surface area contributed by atoms with Gasteiger partial charge in [-0.3, -0.25) is 0 Å². The second-order valence-electron chi connectivity index (χ2n) is 4.79. The van der Waals surface area contributed by atoms with Gasteiger partial charge in [0.1, 0.15) is 0 Å². The lowest BCUT2D eigenvalue weighted by atomic mass is 10.2. The Bertz CT molecular complexity index is 500. The minimum Gasteiger partial charge on any atom is -0.392 e. The maximum atomic E-state index is 12.1. The predicted molar refractivity (Wildman–Crippen MR) is 77.9 cm³/mol. The average Bonchev–Trinajstić information content (AvgIpc) is 2.42. The summed E-state index contributed by atoms with van der Waals surface area (Å²) in [5, 5.41) is 9.17. The van der Waals surface area contributed by atoms with Gasteiger partial charge in [0.15, 0.2) is 0 Å². The van der Waals surface area contributed by atoms with Gasteiger partial charge in [0.05, 0.1) is 17.6 Å². The van der Waals surface area contributed by atoms with Gasteiger partial charge < -0.3 is 9.84 Å². The molecule has 0 atom stereocenters. The van der Waals surface area contributed by atoms with Gasteiger partial charge in [0, 0.05) is 13.2 Å². The molecule has 0 aliphatic carbocycles. The number of hydrogen-bond donors (Lipinski definition) is 2. The molecular formula is C14H23NO4S. The van der Waals surface area contributed by atoms with Crippen LogP contribution in [0, 0.1) is 0 Å². The Morgan fingerprint density at radius 1 is 1.25 bits per heavy atom. The number of aliphatic hydroxyl groups excluding tert-OH is 1. The Morgan fingerprint density at radius 3 is 2.60 bits per heavy atom. The molecule has 0 aliphatic rings. The van der Waals surface area contributed by atoms with Gasteiger partial charge in [-0.05, 0) is 38.3 Å². The van der Waals surface area contributed by atoms with Crippen LogP contribution in [-0.4, -0.2) is 32.8 Å². The molecular weight excluding hydrogens is 278 g/mol. The Balaban J connectivity index is 2.46. The van der Waals surface area contributed by atoms with E-state index in [2.05, 4.69) is 4.72 Å². The number of nitrogens with one attached hydrogen (secondary N) is 1. The fourth-order valence-electron chi connectivity index (χ4n) is 1.73. The molecule has 0 bridgehead atoms. The van der Waals surface area contributed by atoms with Crippen molar-refractivity contribution in [2.75, 3.05) is 13.2 Å². The summed E-state index contributed by atoms with van der Waals surface area (Å²) in [6.07, 6.45) is 1.72. The quantitative estimate of drug-likeness (QED) is 0.680. The first-order valence-electron chi connectivity index (χ1n) is 6.77. The SMILES string of the molecule is CC(C)OCCCCNS(=O)(=O)c1ccccc1CO. The van der Waals surface area contributed by atoms with E-state index in [4.69, 9.17) is 9.84 Å². The summed E-state index contributed by atoms with van der Waals surface area (Å²) in [7, 11) is -3.56. The molecule has 1 aromatic carbocycles. The molecule has 0 unspecified atom stereocenters. The summed E-state index contributed by atoms with van der Waals surface area (Å²) in [5.74, 6) is 0. The molecule has 0 saturated carbocycles. The van der Waals surface area contributed by atoms with Gasteiger partial charge in [0.2, 0.25) is 10.0 Å². The first-order chi connectivity index (χ1) is 9.47. The predicted octanol–water partition coefficient (Wildman–Crippen LogP) is 1.66. The number of aliphatic hydroxyl groups is 1. The summed E-state index contributed by atoms with van der Waals surface area (Å²) in [4.78, 5) is 0.140. The fraction of sp³-hybridized carbons (Fsp3) is 0.571. The zero-order valence-corrected chi connectivity index (χ0v) is 12.8. The first kappa shape index (κ1) is 17.1. The third-order valence-corrected chi connectivity index (χ3v) is 4.31. The summed E-state index contributed by atoms with van der Waals surface area (Å²) in [6.45, 7) is 4.64. The molecule has 6 heteroatoms. The van der Waals surface area contributed by atoms with E-state index in [0.29, 0.717) is 25.1 Å². The number of benzene rings is 1.